The Morgan fingerprint density at radius 1 is 1.24 bits per heavy atom. The highest BCUT2D eigenvalue weighted by Crippen LogP contribution is 2.44. The number of aliphatic imine (C=N–C) groups is 1. The number of halogens is 1. The summed E-state index contributed by atoms with van der Waals surface area (Å²) in [6.45, 7) is 2.16. The van der Waals surface area contributed by atoms with Crippen molar-refractivity contribution in [3.05, 3.63) is 18.0 Å². The Labute approximate surface area is 168 Å². The molecule has 0 bridgehead atoms. The van der Waals surface area contributed by atoms with Crippen LogP contribution in [0, 0.1) is 11.8 Å². The lowest BCUT2D eigenvalue weighted by Gasteiger charge is -2.24. The van der Waals surface area contributed by atoms with Crippen LogP contribution in [0.3, 0.4) is 0 Å². The normalized spacial score (nSPS) is 30.2. The maximum absolute atomic E-state index is 4.57. The fraction of sp³-hybridized carbons (Fsp3) is 0.789. The van der Waals surface area contributed by atoms with Gasteiger partial charge in [-0.1, -0.05) is 32.1 Å². The first kappa shape index (κ1) is 19.0. The van der Waals surface area contributed by atoms with Gasteiger partial charge in [-0.15, -0.1) is 24.0 Å². The molecule has 5 nitrogen and oxygen atoms in total. The summed E-state index contributed by atoms with van der Waals surface area (Å²) in [4.78, 5) is 7.01. The minimum atomic E-state index is 0. The van der Waals surface area contributed by atoms with Crippen LogP contribution in [0.2, 0.25) is 0 Å². The Kier molecular flexibility index (Phi) is 6.28. The van der Waals surface area contributed by atoms with Crippen LogP contribution < -0.4 is 5.32 Å². The molecular formula is C19H32IN5. The third kappa shape index (κ3) is 4.31. The quantitative estimate of drug-likeness (QED) is 0.430. The van der Waals surface area contributed by atoms with Crippen LogP contribution in [0.25, 0.3) is 0 Å². The SMILES string of the molecule is CN=C(NC1CC1C1CCCCC1)N1CCC(c2cnn(C)c2)C1.I. The van der Waals surface area contributed by atoms with E-state index in [-0.39, 0.29) is 24.0 Å². The monoisotopic (exact) mass is 457 g/mol. The first-order valence-electron chi connectivity index (χ1n) is 9.71. The van der Waals surface area contributed by atoms with Gasteiger partial charge in [0.1, 0.15) is 0 Å². The van der Waals surface area contributed by atoms with E-state index in [9.17, 15) is 0 Å². The Balaban J connectivity index is 0.00000182. The molecule has 3 fully saturated rings. The van der Waals surface area contributed by atoms with Crippen molar-refractivity contribution in [1.82, 2.24) is 20.0 Å². The molecule has 4 rings (SSSR count). The second-order valence-electron chi connectivity index (χ2n) is 7.97. The Morgan fingerprint density at radius 3 is 2.72 bits per heavy atom. The molecule has 0 aromatic carbocycles. The molecule has 1 aliphatic heterocycles. The average molecular weight is 457 g/mol. The zero-order valence-electron chi connectivity index (χ0n) is 15.5. The lowest BCUT2D eigenvalue weighted by molar-refractivity contribution is 0.314. The second-order valence-corrected chi connectivity index (χ2v) is 7.97. The van der Waals surface area contributed by atoms with Crippen LogP contribution in [0.4, 0.5) is 0 Å². The summed E-state index contributed by atoms with van der Waals surface area (Å²) in [7, 11) is 3.92. The predicted octanol–water partition coefficient (Wildman–Crippen LogP) is 3.37. The summed E-state index contributed by atoms with van der Waals surface area (Å²) in [6.07, 6.45) is 14.0. The molecule has 140 valence electrons. The van der Waals surface area contributed by atoms with Crippen molar-refractivity contribution in [3.8, 4) is 0 Å². The third-order valence-electron chi connectivity index (χ3n) is 6.31. The number of aryl methyl sites for hydroxylation is 1. The van der Waals surface area contributed by atoms with Gasteiger partial charge in [0, 0.05) is 45.3 Å². The standard InChI is InChI=1S/C19H31N5.HI/c1-20-19(22-18-10-17(18)14-6-4-3-5-7-14)24-9-8-15(13-24)16-11-21-23(2)12-16;/h11-12,14-15,17-18H,3-10,13H2,1-2H3,(H,20,22);1H. The van der Waals surface area contributed by atoms with Crippen LogP contribution in [0.1, 0.15) is 56.4 Å². The smallest absolute Gasteiger partial charge is 0.193 e. The fourth-order valence-electron chi connectivity index (χ4n) is 4.80. The highest BCUT2D eigenvalue weighted by Gasteiger charge is 2.44. The van der Waals surface area contributed by atoms with Gasteiger partial charge >= 0.3 is 0 Å². The van der Waals surface area contributed by atoms with Crippen molar-refractivity contribution in [2.45, 2.75) is 56.9 Å². The second kappa shape index (κ2) is 8.27. The van der Waals surface area contributed by atoms with Gasteiger partial charge in [0.15, 0.2) is 5.96 Å². The van der Waals surface area contributed by atoms with Gasteiger partial charge in [0.2, 0.25) is 0 Å². The van der Waals surface area contributed by atoms with Crippen molar-refractivity contribution >= 4 is 29.9 Å². The van der Waals surface area contributed by atoms with Crippen LogP contribution >= 0.6 is 24.0 Å². The summed E-state index contributed by atoms with van der Waals surface area (Å²) in [6, 6.07) is 0.671. The van der Waals surface area contributed by atoms with E-state index < -0.39 is 0 Å². The molecule has 2 saturated carbocycles. The number of rotatable bonds is 3. The Hall–Kier alpha value is -0.790. The van der Waals surface area contributed by atoms with Crippen molar-refractivity contribution in [2.24, 2.45) is 23.9 Å². The Bertz CT molecular complexity index is 592. The van der Waals surface area contributed by atoms with Gasteiger partial charge < -0.3 is 10.2 Å². The minimum absolute atomic E-state index is 0. The molecule has 0 amide bonds. The molecule has 6 heteroatoms. The molecule has 2 heterocycles. The minimum Gasteiger partial charge on any atom is -0.353 e. The van der Waals surface area contributed by atoms with E-state index >= 15 is 0 Å². The maximum Gasteiger partial charge on any atom is 0.193 e. The van der Waals surface area contributed by atoms with E-state index in [1.54, 1.807) is 0 Å². The van der Waals surface area contributed by atoms with Gasteiger partial charge in [0.25, 0.3) is 0 Å². The summed E-state index contributed by atoms with van der Waals surface area (Å²) in [5.41, 5.74) is 1.36. The maximum atomic E-state index is 4.57. The number of nitrogens with zero attached hydrogens (tertiary/aromatic N) is 4. The fourth-order valence-corrected chi connectivity index (χ4v) is 4.80. The first-order chi connectivity index (χ1) is 11.7. The van der Waals surface area contributed by atoms with Crippen LogP contribution in [-0.4, -0.2) is 46.8 Å². The molecule has 3 atom stereocenters. The van der Waals surface area contributed by atoms with Gasteiger partial charge in [-0.05, 0) is 30.2 Å². The van der Waals surface area contributed by atoms with E-state index in [1.165, 1.54) is 50.5 Å². The van der Waals surface area contributed by atoms with Gasteiger partial charge in [-0.25, -0.2) is 0 Å². The molecule has 1 aromatic heterocycles. The van der Waals surface area contributed by atoms with Gasteiger partial charge in [0.05, 0.1) is 6.20 Å². The largest absolute Gasteiger partial charge is 0.353 e. The number of aromatic nitrogens is 2. The molecule has 1 N–H and O–H groups in total. The summed E-state index contributed by atoms with van der Waals surface area (Å²) >= 11 is 0. The van der Waals surface area contributed by atoms with Crippen molar-refractivity contribution in [2.75, 3.05) is 20.1 Å². The molecule has 0 radical (unpaired) electrons. The molecule has 2 aliphatic carbocycles. The third-order valence-corrected chi connectivity index (χ3v) is 6.31. The van der Waals surface area contributed by atoms with Crippen molar-refractivity contribution < 1.29 is 0 Å². The van der Waals surface area contributed by atoms with Crippen LogP contribution in [-0.2, 0) is 7.05 Å². The zero-order chi connectivity index (χ0) is 16.5. The molecule has 25 heavy (non-hydrogen) atoms. The summed E-state index contributed by atoms with van der Waals surface area (Å²) in [5.74, 6) is 3.57. The van der Waals surface area contributed by atoms with Crippen molar-refractivity contribution in [1.29, 1.82) is 0 Å². The molecular weight excluding hydrogens is 425 g/mol. The predicted molar refractivity (Wildman–Crippen MR) is 113 cm³/mol. The summed E-state index contributed by atoms with van der Waals surface area (Å²) in [5, 5.41) is 8.09. The first-order valence-corrected chi connectivity index (χ1v) is 9.71. The molecule has 1 aromatic rings. The lowest BCUT2D eigenvalue weighted by Crippen LogP contribution is -2.41. The van der Waals surface area contributed by atoms with Crippen LogP contribution in [0.15, 0.2) is 17.4 Å². The highest BCUT2D eigenvalue weighted by molar-refractivity contribution is 14.0. The zero-order valence-corrected chi connectivity index (χ0v) is 17.9. The summed E-state index contributed by atoms with van der Waals surface area (Å²) < 4.78 is 1.91. The number of likely N-dealkylation sites (tertiary alicyclic amines) is 1. The van der Waals surface area contributed by atoms with E-state index in [0.29, 0.717) is 12.0 Å². The number of hydrogen-bond acceptors (Lipinski definition) is 2. The van der Waals surface area contributed by atoms with E-state index in [4.69, 9.17) is 0 Å². The molecule has 3 unspecified atom stereocenters. The Morgan fingerprint density at radius 2 is 2.04 bits per heavy atom. The van der Waals surface area contributed by atoms with Gasteiger partial charge in [-0.2, -0.15) is 5.10 Å². The van der Waals surface area contributed by atoms with Gasteiger partial charge in [-0.3, -0.25) is 9.67 Å². The van der Waals surface area contributed by atoms with Crippen LogP contribution in [0.5, 0.6) is 0 Å². The van der Waals surface area contributed by atoms with E-state index in [0.717, 1.165) is 30.9 Å². The number of guanidine groups is 1. The number of hydrogen-bond donors (Lipinski definition) is 1. The topological polar surface area (TPSA) is 45.5 Å². The molecule has 3 aliphatic rings. The van der Waals surface area contributed by atoms with E-state index in [2.05, 4.69) is 26.5 Å². The number of nitrogens with one attached hydrogen (secondary N) is 1. The molecule has 0 spiro atoms. The van der Waals surface area contributed by atoms with E-state index in [1.807, 2.05) is 25.0 Å². The average Bonchev–Trinajstić information content (AvgIpc) is 2.99. The highest BCUT2D eigenvalue weighted by atomic mass is 127. The lowest BCUT2D eigenvalue weighted by atomic mass is 9.85. The van der Waals surface area contributed by atoms with Crippen molar-refractivity contribution in [3.63, 3.8) is 0 Å². The molecule has 1 saturated heterocycles.